The zero-order valence-corrected chi connectivity index (χ0v) is 8.92. The molecule has 12 heavy (non-hydrogen) atoms. The minimum atomic E-state index is 1.03. The topological polar surface area (TPSA) is 12.0 Å². The van der Waals surface area contributed by atoms with E-state index >= 15 is 0 Å². The summed E-state index contributed by atoms with van der Waals surface area (Å²) >= 11 is 1.85. The largest absolute Gasteiger partial charge is 0.313 e. The van der Waals surface area contributed by atoms with E-state index in [-0.39, 0.29) is 0 Å². The summed E-state index contributed by atoms with van der Waals surface area (Å²) in [6.07, 6.45) is 1.21. The van der Waals surface area contributed by atoms with Gasteiger partial charge in [-0.25, -0.2) is 0 Å². The van der Waals surface area contributed by atoms with Gasteiger partial charge in [0.25, 0.3) is 0 Å². The summed E-state index contributed by atoms with van der Waals surface area (Å²) in [7, 11) is 0. The fourth-order valence-electron chi connectivity index (χ4n) is 1.14. The van der Waals surface area contributed by atoms with Crippen LogP contribution in [0.4, 0.5) is 0 Å². The molecule has 0 aromatic carbocycles. The average Bonchev–Trinajstić information content (AvgIpc) is 2.36. The Morgan fingerprint density at radius 1 is 1.42 bits per heavy atom. The van der Waals surface area contributed by atoms with Crippen LogP contribution >= 0.6 is 11.3 Å². The van der Waals surface area contributed by atoms with Gasteiger partial charge in [0, 0.05) is 11.4 Å². The summed E-state index contributed by atoms with van der Waals surface area (Å²) in [6, 6.07) is 0. The molecule has 0 saturated carbocycles. The van der Waals surface area contributed by atoms with E-state index in [2.05, 4.69) is 31.5 Å². The van der Waals surface area contributed by atoms with Gasteiger partial charge >= 0.3 is 0 Å². The number of hydrogen-bond acceptors (Lipinski definition) is 2. The lowest BCUT2D eigenvalue weighted by Gasteiger charge is -2.01. The van der Waals surface area contributed by atoms with Crippen LogP contribution in [-0.4, -0.2) is 6.54 Å². The van der Waals surface area contributed by atoms with Gasteiger partial charge in [-0.1, -0.05) is 6.92 Å². The molecule has 0 spiro atoms. The van der Waals surface area contributed by atoms with Crippen LogP contribution in [0.1, 0.15) is 29.3 Å². The first-order valence-electron chi connectivity index (χ1n) is 4.50. The van der Waals surface area contributed by atoms with Gasteiger partial charge in [0.15, 0.2) is 0 Å². The van der Waals surface area contributed by atoms with Gasteiger partial charge in [-0.3, -0.25) is 0 Å². The van der Waals surface area contributed by atoms with Crippen LogP contribution in [0.25, 0.3) is 0 Å². The van der Waals surface area contributed by atoms with Crippen molar-refractivity contribution < 1.29 is 0 Å². The van der Waals surface area contributed by atoms with E-state index in [1.54, 1.807) is 0 Å². The van der Waals surface area contributed by atoms with Crippen molar-refractivity contribution in [2.75, 3.05) is 6.54 Å². The Bertz CT molecular complexity index is 240. The smallest absolute Gasteiger partial charge is 0.0216 e. The molecule has 0 saturated heterocycles. The van der Waals surface area contributed by atoms with Crippen LogP contribution < -0.4 is 5.32 Å². The van der Waals surface area contributed by atoms with E-state index < -0.39 is 0 Å². The molecule has 0 aliphatic heterocycles. The SMILES string of the molecule is CCCNCc1csc(C)c1C. The molecule has 1 aromatic rings. The fourth-order valence-corrected chi connectivity index (χ4v) is 2.02. The Morgan fingerprint density at radius 3 is 2.67 bits per heavy atom. The number of aryl methyl sites for hydroxylation is 1. The molecule has 1 N–H and O–H groups in total. The predicted molar refractivity (Wildman–Crippen MR) is 55.8 cm³/mol. The summed E-state index contributed by atoms with van der Waals surface area (Å²) in [5.41, 5.74) is 2.93. The summed E-state index contributed by atoms with van der Waals surface area (Å²) in [5, 5.41) is 5.67. The molecule has 0 radical (unpaired) electrons. The zero-order valence-electron chi connectivity index (χ0n) is 8.11. The highest BCUT2D eigenvalue weighted by atomic mass is 32.1. The van der Waals surface area contributed by atoms with Crippen molar-refractivity contribution >= 4 is 11.3 Å². The van der Waals surface area contributed by atoms with Gasteiger partial charge in [-0.05, 0) is 43.3 Å². The third-order valence-corrected chi connectivity index (χ3v) is 3.19. The lowest BCUT2D eigenvalue weighted by atomic mass is 10.2. The summed E-state index contributed by atoms with van der Waals surface area (Å²) < 4.78 is 0. The maximum Gasteiger partial charge on any atom is 0.0216 e. The molecule has 2 heteroatoms. The Kier molecular flexibility index (Phi) is 3.76. The second-order valence-electron chi connectivity index (χ2n) is 3.12. The maximum atomic E-state index is 3.41. The Labute approximate surface area is 78.8 Å². The Morgan fingerprint density at radius 2 is 2.17 bits per heavy atom. The maximum absolute atomic E-state index is 3.41. The monoisotopic (exact) mass is 183 g/mol. The minimum Gasteiger partial charge on any atom is -0.313 e. The second kappa shape index (κ2) is 4.63. The highest BCUT2D eigenvalue weighted by Gasteiger charge is 2.01. The highest BCUT2D eigenvalue weighted by molar-refractivity contribution is 7.10. The third-order valence-electron chi connectivity index (χ3n) is 2.13. The molecule has 0 fully saturated rings. The zero-order chi connectivity index (χ0) is 8.97. The molecular formula is C10H17NS. The predicted octanol–water partition coefficient (Wildman–Crippen LogP) is 2.86. The lowest BCUT2D eigenvalue weighted by molar-refractivity contribution is 0.674. The van der Waals surface area contributed by atoms with Crippen molar-refractivity contribution in [1.29, 1.82) is 0 Å². The van der Waals surface area contributed by atoms with Crippen LogP contribution in [0.5, 0.6) is 0 Å². The summed E-state index contributed by atoms with van der Waals surface area (Å²) in [6.45, 7) is 8.73. The van der Waals surface area contributed by atoms with Crippen molar-refractivity contribution in [3.05, 3.63) is 21.4 Å². The fraction of sp³-hybridized carbons (Fsp3) is 0.600. The molecule has 1 heterocycles. The van der Waals surface area contributed by atoms with Crippen molar-refractivity contribution in [2.24, 2.45) is 0 Å². The molecule has 0 aliphatic rings. The first kappa shape index (κ1) is 9.75. The molecule has 1 aromatic heterocycles. The Hall–Kier alpha value is -0.340. The molecule has 1 rings (SSSR count). The van der Waals surface area contributed by atoms with Gasteiger partial charge in [-0.2, -0.15) is 0 Å². The first-order chi connectivity index (χ1) is 5.75. The van der Waals surface area contributed by atoms with Crippen LogP contribution in [0.3, 0.4) is 0 Å². The summed E-state index contributed by atoms with van der Waals surface area (Å²) in [4.78, 5) is 1.45. The van der Waals surface area contributed by atoms with Gasteiger partial charge < -0.3 is 5.32 Å². The van der Waals surface area contributed by atoms with Crippen LogP contribution in [0.15, 0.2) is 5.38 Å². The normalized spacial score (nSPS) is 10.6. The van der Waals surface area contributed by atoms with E-state index in [0.29, 0.717) is 0 Å². The standard InChI is InChI=1S/C10H17NS/c1-4-5-11-6-10-7-12-9(3)8(10)2/h7,11H,4-6H2,1-3H3. The molecule has 68 valence electrons. The molecular weight excluding hydrogens is 166 g/mol. The van der Waals surface area contributed by atoms with Gasteiger partial charge in [0.05, 0.1) is 0 Å². The number of thiophene rings is 1. The second-order valence-corrected chi connectivity index (χ2v) is 4.20. The molecule has 0 unspecified atom stereocenters. The average molecular weight is 183 g/mol. The van der Waals surface area contributed by atoms with Crippen LogP contribution in [0, 0.1) is 13.8 Å². The molecule has 0 atom stereocenters. The van der Waals surface area contributed by atoms with Gasteiger partial charge in [0.2, 0.25) is 0 Å². The van der Waals surface area contributed by atoms with Gasteiger partial charge in [-0.15, -0.1) is 11.3 Å². The first-order valence-corrected chi connectivity index (χ1v) is 5.38. The number of nitrogens with one attached hydrogen (secondary N) is 1. The van der Waals surface area contributed by atoms with Crippen molar-refractivity contribution in [1.82, 2.24) is 5.32 Å². The van der Waals surface area contributed by atoms with Crippen LogP contribution in [-0.2, 0) is 6.54 Å². The van der Waals surface area contributed by atoms with E-state index in [1.165, 1.54) is 22.4 Å². The number of hydrogen-bond donors (Lipinski definition) is 1. The lowest BCUT2D eigenvalue weighted by Crippen LogP contribution is -2.13. The summed E-state index contributed by atoms with van der Waals surface area (Å²) in [5.74, 6) is 0. The molecule has 1 nitrogen and oxygen atoms in total. The third kappa shape index (κ3) is 2.32. The molecule has 0 amide bonds. The van der Waals surface area contributed by atoms with E-state index in [0.717, 1.165) is 13.1 Å². The van der Waals surface area contributed by atoms with E-state index in [1.807, 2.05) is 11.3 Å². The number of rotatable bonds is 4. The Balaban J connectivity index is 2.46. The minimum absolute atomic E-state index is 1.03. The quantitative estimate of drug-likeness (QED) is 0.708. The van der Waals surface area contributed by atoms with Gasteiger partial charge in [0.1, 0.15) is 0 Å². The highest BCUT2D eigenvalue weighted by Crippen LogP contribution is 2.19. The van der Waals surface area contributed by atoms with Crippen LogP contribution in [0.2, 0.25) is 0 Å². The molecule has 0 aliphatic carbocycles. The van der Waals surface area contributed by atoms with E-state index in [9.17, 15) is 0 Å². The van der Waals surface area contributed by atoms with E-state index in [4.69, 9.17) is 0 Å². The van der Waals surface area contributed by atoms with Crippen molar-refractivity contribution in [3.8, 4) is 0 Å². The van der Waals surface area contributed by atoms with Crippen molar-refractivity contribution in [3.63, 3.8) is 0 Å². The molecule has 0 bridgehead atoms. The van der Waals surface area contributed by atoms with Crippen molar-refractivity contribution in [2.45, 2.75) is 33.7 Å².